The predicted octanol–water partition coefficient (Wildman–Crippen LogP) is 1.82. The molecule has 21 heavy (non-hydrogen) atoms. The van der Waals surface area contributed by atoms with Crippen molar-refractivity contribution in [2.45, 2.75) is 43.4 Å². The summed E-state index contributed by atoms with van der Waals surface area (Å²) in [7, 11) is 0. The lowest BCUT2D eigenvalue weighted by Crippen LogP contribution is -2.37. The molecule has 0 bridgehead atoms. The highest BCUT2D eigenvalue weighted by Gasteiger charge is 2.30. The van der Waals surface area contributed by atoms with Crippen LogP contribution in [0.25, 0.3) is 0 Å². The zero-order valence-electron chi connectivity index (χ0n) is 12.6. The van der Waals surface area contributed by atoms with Gasteiger partial charge in [-0.2, -0.15) is 16.9 Å². The quantitative estimate of drug-likeness (QED) is 0.891. The number of carbonyl (C=O) groups excluding carboxylic acids is 1. The second-order valence-electron chi connectivity index (χ2n) is 6.27. The van der Waals surface area contributed by atoms with E-state index in [9.17, 15) is 4.79 Å². The van der Waals surface area contributed by atoms with E-state index in [1.54, 1.807) is 0 Å². The van der Waals surface area contributed by atoms with Crippen molar-refractivity contribution < 1.29 is 4.79 Å². The van der Waals surface area contributed by atoms with Crippen molar-refractivity contribution in [2.24, 2.45) is 0 Å². The van der Waals surface area contributed by atoms with Gasteiger partial charge in [-0.3, -0.25) is 9.48 Å². The number of carbonyl (C=O) groups is 1. The summed E-state index contributed by atoms with van der Waals surface area (Å²) in [5.41, 5.74) is 0.534. The minimum absolute atomic E-state index is 0.0498. The van der Waals surface area contributed by atoms with Gasteiger partial charge in [0.05, 0.1) is 6.04 Å². The first-order chi connectivity index (χ1) is 10.2. The average molecular weight is 308 g/mol. The maximum Gasteiger partial charge on any atom is 0.271 e. The van der Waals surface area contributed by atoms with Crippen molar-refractivity contribution in [3.63, 3.8) is 0 Å². The van der Waals surface area contributed by atoms with Crippen LogP contribution in [0, 0.1) is 0 Å². The van der Waals surface area contributed by atoms with Crippen LogP contribution in [0.15, 0.2) is 12.3 Å². The fourth-order valence-electron chi connectivity index (χ4n) is 3.06. The Morgan fingerprint density at radius 3 is 3.24 bits per heavy atom. The number of nitrogens with zero attached hydrogens (tertiary/aromatic N) is 2. The molecule has 0 spiro atoms. The Hall–Kier alpha value is -1.01. The summed E-state index contributed by atoms with van der Waals surface area (Å²) in [5.74, 6) is 1.15. The molecule has 2 N–H and O–H groups in total. The summed E-state index contributed by atoms with van der Waals surface area (Å²) < 4.78 is 2.14. The van der Waals surface area contributed by atoms with Gasteiger partial charge >= 0.3 is 0 Å². The monoisotopic (exact) mass is 308 g/mol. The second kappa shape index (κ2) is 6.40. The first-order valence-electron chi connectivity index (χ1n) is 7.84. The molecule has 5 nitrogen and oxygen atoms in total. The summed E-state index contributed by atoms with van der Waals surface area (Å²) in [5, 5.41) is 10.9. The molecule has 0 saturated carbocycles. The van der Waals surface area contributed by atoms with Gasteiger partial charge in [0, 0.05) is 24.0 Å². The van der Waals surface area contributed by atoms with Crippen molar-refractivity contribution in [2.75, 3.05) is 25.4 Å². The molecule has 1 aromatic rings. The van der Waals surface area contributed by atoms with Crippen LogP contribution in [-0.4, -0.2) is 45.8 Å². The van der Waals surface area contributed by atoms with Gasteiger partial charge in [0.1, 0.15) is 5.69 Å². The summed E-state index contributed by atoms with van der Waals surface area (Å²) in [6.45, 7) is 4.99. The molecule has 2 fully saturated rings. The van der Waals surface area contributed by atoms with Gasteiger partial charge in [0.15, 0.2) is 0 Å². The van der Waals surface area contributed by atoms with E-state index in [0.717, 1.165) is 26.1 Å². The van der Waals surface area contributed by atoms with Gasteiger partial charge in [0.2, 0.25) is 0 Å². The number of piperidine rings is 1. The molecule has 2 saturated heterocycles. The van der Waals surface area contributed by atoms with Crippen LogP contribution >= 0.6 is 11.8 Å². The van der Waals surface area contributed by atoms with Gasteiger partial charge in [-0.25, -0.2) is 0 Å². The van der Waals surface area contributed by atoms with E-state index in [1.165, 1.54) is 25.0 Å². The minimum atomic E-state index is -0.0498. The maximum absolute atomic E-state index is 12.2. The van der Waals surface area contributed by atoms with E-state index >= 15 is 0 Å². The molecule has 0 aromatic carbocycles. The third kappa shape index (κ3) is 3.61. The van der Waals surface area contributed by atoms with Crippen LogP contribution in [0.1, 0.15) is 49.1 Å². The van der Waals surface area contributed by atoms with E-state index in [1.807, 2.05) is 28.7 Å². The zero-order chi connectivity index (χ0) is 14.7. The standard InChI is InChI=1S/C15H24N4OS/c1-15(6-3-9-21-15)11-17-14(20)13-5-8-19(18-13)12-4-2-7-16-10-12/h5,8,12,16H,2-4,6-7,9-11H2,1H3,(H,17,20)/t12-,15-/m0/s1. The number of hydrogen-bond donors (Lipinski definition) is 2. The van der Waals surface area contributed by atoms with E-state index < -0.39 is 0 Å². The molecule has 3 rings (SSSR count). The first kappa shape index (κ1) is 14.9. The molecule has 0 aliphatic carbocycles. The fraction of sp³-hybridized carbons (Fsp3) is 0.733. The molecule has 0 radical (unpaired) electrons. The number of nitrogens with one attached hydrogen (secondary N) is 2. The maximum atomic E-state index is 12.2. The van der Waals surface area contributed by atoms with E-state index in [0.29, 0.717) is 11.7 Å². The van der Waals surface area contributed by atoms with Gasteiger partial charge < -0.3 is 10.6 Å². The molecule has 2 aliphatic heterocycles. The van der Waals surface area contributed by atoms with Crippen LogP contribution in [-0.2, 0) is 0 Å². The normalized spacial score (nSPS) is 29.5. The number of thioether (sulfide) groups is 1. The molecule has 3 heterocycles. The summed E-state index contributed by atoms with van der Waals surface area (Å²) in [6, 6.07) is 2.21. The highest BCUT2D eigenvalue weighted by Crippen LogP contribution is 2.36. The van der Waals surface area contributed by atoms with Crippen molar-refractivity contribution in [1.29, 1.82) is 0 Å². The Morgan fingerprint density at radius 2 is 2.52 bits per heavy atom. The lowest BCUT2D eigenvalue weighted by Gasteiger charge is -2.23. The highest BCUT2D eigenvalue weighted by molar-refractivity contribution is 8.00. The molecular weight excluding hydrogens is 284 g/mol. The largest absolute Gasteiger partial charge is 0.349 e. The van der Waals surface area contributed by atoms with E-state index in [4.69, 9.17) is 0 Å². The molecule has 0 unspecified atom stereocenters. The molecule has 2 aliphatic rings. The molecule has 1 amide bonds. The van der Waals surface area contributed by atoms with Crippen LogP contribution in [0.4, 0.5) is 0 Å². The Balaban J connectivity index is 1.56. The number of hydrogen-bond acceptors (Lipinski definition) is 4. The topological polar surface area (TPSA) is 59.0 Å². The molecule has 2 atom stereocenters. The van der Waals surface area contributed by atoms with Crippen LogP contribution in [0.5, 0.6) is 0 Å². The third-order valence-corrected chi connectivity index (χ3v) is 5.95. The Kier molecular flexibility index (Phi) is 4.54. The van der Waals surface area contributed by atoms with Gasteiger partial charge in [-0.1, -0.05) is 0 Å². The van der Waals surface area contributed by atoms with E-state index in [-0.39, 0.29) is 10.7 Å². The Labute approximate surface area is 130 Å². The summed E-state index contributed by atoms with van der Waals surface area (Å²) in [4.78, 5) is 12.2. The SMILES string of the molecule is C[C@@]1(CNC(=O)c2ccn([C@H]3CCCNC3)n2)CCCS1. The highest BCUT2D eigenvalue weighted by atomic mass is 32.2. The van der Waals surface area contributed by atoms with Crippen LogP contribution in [0.3, 0.4) is 0 Å². The molecular formula is C15H24N4OS. The van der Waals surface area contributed by atoms with Crippen LogP contribution < -0.4 is 10.6 Å². The van der Waals surface area contributed by atoms with Crippen molar-refractivity contribution in [3.8, 4) is 0 Å². The van der Waals surface area contributed by atoms with Gasteiger partial charge in [-0.15, -0.1) is 0 Å². The first-order valence-corrected chi connectivity index (χ1v) is 8.83. The molecule has 116 valence electrons. The van der Waals surface area contributed by atoms with Gasteiger partial charge in [0.25, 0.3) is 5.91 Å². The molecule has 6 heteroatoms. The van der Waals surface area contributed by atoms with Gasteiger partial charge in [-0.05, 0) is 51.0 Å². The van der Waals surface area contributed by atoms with Crippen molar-refractivity contribution >= 4 is 17.7 Å². The van der Waals surface area contributed by atoms with Crippen molar-refractivity contribution in [3.05, 3.63) is 18.0 Å². The average Bonchev–Trinajstić information content (AvgIpc) is 3.16. The number of amides is 1. The zero-order valence-corrected chi connectivity index (χ0v) is 13.4. The van der Waals surface area contributed by atoms with Crippen molar-refractivity contribution in [1.82, 2.24) is 20.4 Å². The Morgan fingerprint density at radius 1 is 1.62 bits per heavy atom. The second-order valence-corrected chi connectivity index (χ2v) is 7.95. The smallest absolute Gasteiger partial charge is 0.271 e. The molecule has 1 aromatic heterocycles. The van der Waals surface area contributed by atoms with Crippen LogP contribution in [0.2, 0.25) is 0 Å². The fourth-order valence-corrected chi connectivity index (χ4v) is 4.30. The summed E-state index contributed by atoms with van der Waals surface area (Å²) in [6.07, 6.45) is 6.66. The minimum Gasteiger partial charge on any atom is -0.349 e. The van der Waals surface area contributed by atoms with E-state index in [2.05, 4.69) is 22.7 Å². The summed E-state index contributed by atoms with van der Waals surface area (Å²) >= 11 is 1.96. The third-order valence-electron chi connectivity index (χ3n) is 4.41. The number of aromatic nitrogens is 2. The lowest BCUT2D eigenvalue weighted by atomic mass is 10.1. The lowest BCUT2D eigenvalue weighted by molar-refractivity contribution is 0.0943. The number of rotatable bonds is 4. The Bertz CT molecular complexity index is 490. The predicted molar refractivity (Wildman–Crippen MR) is 85.8 cm³/mol.